The number of benzene rings is 1. The van der Waals surface area contributed by atoms with Gasteiger partial charge in [0.15, 0.2) is 5.78 Å². The van der Waals surface area contributed by atoms with Crippen LogP contribution in [0.3, 0.4) is 0 Å². The Hall–Kier alpha value is -1.67. The maximum Gasteiger partial charge on any atom is 0.234 e. The minimum absolute atomic E-state index is 0.0595. The highest BCUT2D eigenvalue weighted by Gasteiger charge is 2.30. The fourth-order valence-electron chi connectivity index (χ4n) is 1.63. The molecule has 0 unspecified atom stereocenters. The number of Topliss-reactive ketones (excluding diaryl/α,β-unsaturated/α-hetero) is 1. The van der Waals surface area contributed by atoms with E-state index in [2.05, 4.69) is 15.9 Å². The van der Waals surface area contributed by atoms with Crippen molar-refractivity contribution in [3.8, 4) is 6.07 Å². The Morgan fingerprint density at radius 2 is 2.12 bits per heavy atom. The van der Waals surface area contributed by atoms with E-state index in [4.69, 9.17) is 5.26 Å². The predicted octanol–water partition coefficient (Wildman–Crippen LogP) is 1.63. The van der Waals surface area contributed by atoms with Gasteiger partial charge in [0.1, 0.15) is 6.07 Å². The Kier molecular flexibility index (Phi) is 2.75. The maximum atomic E-state index is 11.5. The average molecular weight is 279 g/mol. The normalized spacial score (nSPS) is 15.4. The molecule has 0 aliphatic carbocycles. The molecule has 4 nitrogen and oxygen atoms in total. The van der Waals surface area contributed by atoms with E-state index >= 15 is 0 Å². The first kappa shape index (κ1) is 10.8. The van der Waals surface area contributed by atoms with Crippen LogP contribution in [0.5, 0.6) is 0 Å². The minimum Gasteiger partial charge on any atom is -0.303 e. The number of ketones is 1. The molecule has 0 spiro atoms. The van der Waals surface area contributed by atoms with E-state index in [1.54, 1.807) is 18.2 Å². The second-order valence-corrected chi connectivity index (χ2v) is 4.38. The third kappa shape index (κ3) is 1.84. The molecule has 0 saturated carbocycles. The van der Waals surface area contributed by atoms with E-state index in [1.165, 1.54) is 4.90 Å². The molecule has 1 heterocycles. The van der Waals surface area contributed by atoms with Crippen molar-refractivity contribution in [2.75, 3.05) is 11.4 Å². The Morgan fingerprint density at radius 1 is 1.38 bits per heavy atom. The van der Waals surface area contributed by atoms with Gasteiger partial charge in [-0.2, -0.15) is 5.26 Å². The Morgan fingerprint density at radius 3 is 2.69 bits per heavy atom. The summed E-state index contributed by atoms with van der Waals surface area (Å²) in [5.41, 5.74) is 0.888. The summed E-state index contributed by atoms with van der Waals surface area (Å²) < 4.78 is 0.772. The van der Waals surface area contributed by atoms with E-state index < -0.39 is 0 Å². The zero-order chi connectivity index (χ0) is 11.7. The second kappa shape index (κ2) is 4.06. The van der Waals surface area contributed by atoms with Crippen LogP contribution in [0.15, 0.2) is 22.7 Å². The molecule has 0 aromatic heterocycles. The van der Waals surface area contributed by atoms with Crippen molar-refractivity contribution in [2.45, 2.75) is 6.42 Å². The molecular formula is C11H7BrN2O2. The number of hydrogen-bond acceptors (Lipinski definition) is 3. The van der Waals surface area contributed by atoms with Crippen LogP contribution in [0.25, 0.3) is 0 Å². The second-order valence-electron chi connectivity index (χ2n) is 3.47. The number of carbonyl (C=O) groups is 2. The van der Waals surface area contributed by atoms with Crippen molar-refractivity contribution in [1.29, 1.82) is 5.26 Å². The van der Waals surface area contributed by atoms with Crippen LogP contribution in [0, 0.1) is 11.3 Å². The van der Waals surface area contributed by atoms with Gasteiger partial charge in [-0.1, -0.05) is 15.9 Å². The Balaban J connectivity index is 2.48. The van der Waals surface area contributed by atoms with Gasteiger partial charge in [-0.3, -0.25) is 9.59 Å². The van der Waals surface area contributed by atoms with E-state index in [1.807, 2.05) is 6.07 Å². The maximum absolute atomic E-state index is 11.5. The molecule has 1 aliphatic heterocycles. The van der Waals surface area contributed by atoms with Gasteiger partial charge in [0.05, 0.1) is 24.2 Å². The van der Waals surface area contributed by atoms with Crippen LogP contribution in [0.2, 0.25) is 0 Å². The lowest BCUT2D eigenvalue weighted by Crippen LogP contribution is -2.25. The Bertz CT molecular complexity index is 519. The standard InChI is InChI=1S/C11H7BrN2O2/c12-8-2-1-7(5-13)10(3-8)14-6-9(15)4-11(14)16/h1-3H,4,6H2. The minimum atomic E-state index is -0.250. The monoisotopic (exact) mass is 278 g/mol. The number of rotatable bonds is 1. The molecule has 16 heavy (non-hydrogen) atoms. The lowest BCUT2D eigenvalue weighted by molar-refractivity contribution is -0.121. The largest absolute Gasteiger partial charge is 0.303 e. The summed E-state index contributed by atoms with van der Waals surface area (Å²) >= 11 is 3.28. The number of amides is 1. The molecule has 80 valence electrons. The fourth-order valence-corrected chi connectivity index (χ4v) is 1.98. The lowest BCUT2D eigenvalue weighted by atomic mass is 10.2. The van der Waals surface area contributed by atoms with Gasteiger partial charge >= 0.3 is 0 Å². The first-order chi connectivity index (χ1) is 7.61. The topological polar surface area (TPSA) is 61.2 Å². The van der Waals surface area contributed by atoms with Gasteiger partial charge in [-0.25, -0.2) is 0 Å². The molecular weight excluding hydrogens is 272 g/mol. The molecule has 0 N–H and O–H groups in total. The summed E-state index contributed by atoms with van der Waals surface area (Å²) in [6.45, 7) is 0.0595. The van der Waals surface area contributed by atoms with Gasteiger partial charge in [-0.15, -0.1) is 0 Å². The van der Waals surface area contributed by atoms with Crippen molar-refractivity contribution >= 4 is 33.3 Å². The highest BCUT2D eigenvalue weighted by molar-refractivity contribution is 9.10. The summed E-state index contributed by atoms with van der Waals surface area (Å²) in [5, 5.41) is 8.93. The summed E-state index contributed by atoms with van der Waals surface area (Å²) in [5.74, 6) is -0.367. The summed E-state index contributed by atoms with van der Waals surface area (Å²) in [6, 6.07) is 7.03. The van der Waals surface area contributed by atoms with Crippen molar-refractivity contribution in [3.05, 3.63) is 28.2 Å². The number of carbonyl (C=O) groups excluding carboxylic acids is 2. The lowest BCUT2D eigenvalue weighted by Gasteiger charge is -2.16. The molecule has 1 aromatic carbocycles. The van der Waals surface area contributed by atoms with Crippen LogP contribution in [0.4, 0.5) is 5.69 Å². The van der Waals surface area contributed by atoms with Gasteiger partial charge in [0.25, 0.3) is 0 Å². The molecule has 1 fully saturated rings. The van der Waals surface area contributed by atoms with Crippen molar-refractivity contribution in [1.82, 2.24) is 0 Å². The van der Waals surface area contributed by atoms with Crippen LogP contribution < -0.4 is 4.90 Å². The van der Waals surface area contributed by atoms with Gasteiger partial charge in [0.2, 0.25) is 5.91 Å². The van der Waals surface area contributed by atoms with Crippen molar-refractivity contribution in [3.63, 3.8) is 0 Å². The van der Waals surface area contributed by atoms with Gasteiger partial charge < -0.3 is 4.90 Å². The Labute approximate surface area is 101 Å². The average Bonchev–Trinajstić information content (AvgIpc) is 2.57. The smallest absolute Gasteiger partial charge is 0.234 e. The molecule has 1 aromatic rings. The SMILES string of the molecule is N#Cc1ccc(Br)cc1N1CC(=O)CC1=O. The van der Waals surface area contributed by atoms with E-state index in [0.29, 0.717) is 11.3 Å². The first-order valence-corrected chi connectivity index (χ1v) is 5.43. The zero-order valence-corrected chi connectivity index (χ0v) is 9.82. The number of nitriles is 1. The molecule has 0 radical (unpaired) electrons. The highest BCUT2D eigenvalue weighted by atomic mass is 79.9. The van der Waals surface area contributed by atoms with Gasteiger partial charge in [0, 0.05) is 4.47 Å². The number of nitrogens with zero attached hydrogens (tertiary/aromatic N) is 2. The van der Waals surface area contributed by atoms with E-state index in [0.717, 1.165) is 4.47 Å². The van der Waals surface area contributed by atoms with E-state index in [9.17, 15) is 9.59 Å². The van der Waals surface area contributed by atoms with E-state index in [-0.39, 0.29) is 24.7 Å². The van der Waals surface area contributed by atoms with Crippen molar-refractivity contribution < 1.29 is 9.59 Å². The highest BCUT2D eigenvalue weighted by Crippen LogP contribution is 2.27. The number of anilines is 1. The molecule has 1 amide bonds. The van der Waals surface area contributed by atoms with Gasteiger partial charge in [-0.05, 0) is 18.2 Å². The molecule has 0 atom stereocenters. The fraction of sp³-hybridized carbons (Fsp3) is 0.182. The zero-order valence-electron chi connectivity index (χ0n) is 8.24. The predicted molar refractivity (Wildman–Crippen MR) is 60.8 cm³/mol. The number of hydrogen-bond donors (Lipinski definition) is 0. The summed E-state index contributed by atoms with van der Waals surface area (Å²) in [7, 11) is 0. The van der Waals surface area contributed by atoms with Crippen LogP contribution in [-0.4, -0.2) is 18.2 Å². The summed E-state index contributed by atoms with van der Waals surface area (Å²) in [4.78, 5) is 24.1. The first-order valence-electron chi connectivity index (χ1n) is 4.63. The molecule has 0 bridgehead atoms. The third-order valence-corrected chi connectivity index (χ3v) is 2.85. The third-order valence-electron chi connectivity index (χ3n) is 2.35. The molecule has 1 saturated heterocycles. The number of halogens is 1. The van der Waals surface area contributed by atoms with Crippen molar-refractivity contribution in [2.24, 2.45) is 0 Å². The summed E-state index contributed by atoms with van der Waals surface area (Å²) in [6.07, 6.45) is -0.0720. The van der Waals surface area contributed by atoms with Crippen LogP contribution in [0.1, 0.15) is 12.0 Å². The molecule has 5 heteroatoms. The quantitative estimate of drug-likeness (QED) is 0.734. The molecule has 2 rings (SSSR count). The van der Waals surface area contributed by atoms with Crippen LogP contribution >= 0.6 is 15.9 Å². The van der Waals surface area contributed by atoms with Crippen LogP contribution in [-0.2, 0) is 9.59 Å². The molecule has 1 aliphatic rings.